The molecule has 0 aromatic heterocycles. The number of halogens is 1. The van der Waals surface area contributed by atoms with Crippen LogP contribution >= 0.6 is 15.9 Å². The van der Waals surface area contributed by atoms with Crippen LogP contribution in [0.15, 0.2) is 53.0 Å². The van der Waals surface area contributed by atoms with Crippen molar-refractivity contribution < 1.29 is 4.79 Å². The molecule has 0 unspecified atom stereocenters. The third-order valence-electron chi connectivity index (χ3n) is 2.50. The average Bonchev–Trinajstić information content (AvgIpc) is 3.14. The molecule has 1 saturated carbocycles. The number of hydrogen-bond donors (Lipinski definition) is 1. The van der Waals surface area contributed by atoms with Gasteiger partial charge in [0, 0.05) is 5.69 Å². The van der Waals surface area contributed by atoms with Crippen molar-refractivity contribution in [2.75, 3.05) is 5.32 Å². The first-order valence-electron chi connectivity index (χ1n) is 5.66. The fourth-order valence-corrected chi connectivity index (χ4v) is 1.63. The summed E-state index contributed by atoms with van der Waals surface area (Å²) in [4.78, 5) is 11.7. The van der Waals surface area contributed by atoms with E-state index in [1.807, 2.05) is 36.4 Å². The Labute approximate surface area is 110 Å². The van der Waals surface area contributed by atoms with Gasteiger partial charge in [-0.25, -0.2) is 0 Å². The fourth-order valence-electron chi connectivity index (χ4n) is 1.37. The second-order valence-electron chi connectivity index (χ2n) is 4.06. The van der Waals surface area contributed by atoms with Gasteiger partial charge in [0.1, 0.15) is 0 Å². The molecule has 0 atom stereocenters. The normalized spacial score (nSPS) is 16.2. The number of rotatable bonds is 4. The van der Waals surface area contributed by atoms with Crippen molar-refractivity contribution in [1.82, 2.24) is 0 Å². The van der Waals surface area contributed by atoms with Crippen molar-refractivity contribution in [2.24, 2.45) is 5.92 Å². The van der Waals surface area contributed by atoms with E-state index in [-0.39, 0.29) is 5.91 Å². The van der Waals surface area contributed by atoms with Gasteiger partial charge in [0.05, 0.1) is 4.48 Å². The Bertz CT molecular complexity index is 447. The van der Waals surface area contributed by atoms with Crippen LogP contribution in [0.2, 0.25) is 0 Å². The summed E-state index contributed by atoms with van der Waals surface area (Å²) in [7, 11) is 0. The molecule has 1 aromatic carbocycles. The van der Waals surface area contributed by atoms with E-state index in [2.05, 4.69) is 27.3 Å². The van der Waals surface area contributed by atoms with Crippen molar-refractivity contribution in [3.63, 3.8) is 0 Å². The smallest absolute Gasteiger partial charge is 0.262 e. The van der Waals surface area contributed by atoms with E-state index in [1.165, 1.54) is 12.8 Å². The molecule has 0 spiro atoms. The number of carbonyl (C=O) groups excluding carboxylic acids is 1. The van der Waals surface area contributed by atoms with Crippen molar-refractivity contribution in [2.45, 2.75) is 12.8 Å². The highest BCUT2D eigenvalue weighted by molar-refractivity contribution is 9.12. The number of allylic oxidation sites excluding steroid dienone is 3. The SMILES string of the molecule is O=C(Nc1ccccc1)C(Br)=CC=CC1CC1. The molecule has 1 aliphatic carbocycles. The monoisotopic (exact) mass is 291 g/mol. The molecule has 2 nitrogen and oxygen atoms in total. The number of hydrogen-bond acceptors (Lipinski definition) is 1. The van der Waals surface area contributed by atoms with Gasteiger partial charge in [-0.1, -0.05) is 30.4 Å². The van der Waals surface area contributed by atoms with Crippen LogP contribution in [0.25, 0.3) is 0 Å². The summed E-state index contributed by atoms with van der Waals surface area (Å²) in [6.07, 6.45) is 8.41. The first-order chi connectivity index (χ1) is 8.25. The fraction of sp³-hybridized carbons (Fsp3) is 0.214. The van der Waals surface area contributed by atoms with E-state index in [0.29, 0.717) is 4.48 Å². The molecule has 1 fully saturated rings. The molecule has 0 bridgehead atoms. The first-order valence-corrected chi connectivity index (χ1v) is 6.45. The lowest BCUT2D eigenvalue weighted by Crippen LogP contribution is -2.10. The van der Waals surface area contributed by atoms with E-state index in [4.69, 9.17) is 0 Å². The predicted octanol–water partition coefficient (Wildman–Crippen LogP) is 3.87. The second kappa shape index (κ2) is 5.82. The highest BCUT2D eigenvalue weighted by Crippen LogP contribution is 2.30. The Kier molecular flexibility index (Phi) is 4.15. The standard InChI is InChI=1S/C14H14BrNO/c15-13(8-4-5-11-9-10-11)14(17)16-12-6-2-1-3-7-12/h1-8,11H,9-10H2,(H,16,17). The molecular weight excluding hydrogens is 278 g/mol. The minimum Gasteiger partial charge on any atom is -0.322 e. The zero-order valence-corrected chi connectivity index (χ0v) is 11.0. The van der Waals surface area contributed by atoms with Crippen LogP contribution in [0.5, 0.6) is 0 Å². The third-order valence-corrected chi connectivity index (χ3v) is 3.12. The summed E-state index contributed by atoms with van der Waals surface area (Å²) < 4.78 is 0.540. The summed E-state index contributed by atoms with van der Waals surface area (Å²) >= 11 is 3.27. The molecule has 0 saturated heterocycles. The summed E-state index contributed by atoms with van der Waals surface area (Å²) in [5.74, 6) is 0.598. The highest BCUT2D eigenvalue weighted by atomic mass is 79.9. The summed E-state index contributed by atoms with van der Waals surface area (Å²) in [5.41, 5.74) is 0.800. The number of anilines is 1. The lowest BCUT2D eigenvalue weighted by atomic mass is 10.3. The molecule has 88 valence electrons. The molecule has 0 radical (unpaired) electrons. The average molecular weight is 292 g/mol. The number of nitrogens with one attached hydrogen (secondary N) is 1. The van der Waals surface area contributed by atoms with Gasteiger partial charge in [-0.05, 0) is 52.9 Å². The van der Waals surface area contributed by atoms with Gasteiger partial charge in [0.2, 0.25) is 0 Å². The molecule has 17 heavy (non-hydrogen) atoms. The second-order valence-corrected chi connectivity index (χ2v) is 4.91. The Balaban J connectivity index is 1.90. The van der Waals surface area contributed by atoms with E-state index < -0.39 is 0 Å². The van der Waals surface area contributed by atoms with Gasteiger partial charge >= 0.3 is 0 Å². The van der Waals surface area contributed by atoms with Crippen molar-refractivity contribution >= 4 is 27.5 Å². The van der Waals surface area contributed by atoms with Gasteiger partial charge in [0.25, 0.3) is 5.91 Å². The molecule has 0 aliphatic heterocycles. The van der Waals surface area contributed by atoms with Crippen LogP contribution in [-0.2, 0) is 4.79 Å². The summed E-state index contributed by atoms with van der Waals surface area (Å²) in [6, 6.07) is 9.41. The predicted molar refractivity (Wildman–Crippen MR) is 73.9 cm³/mol. The number of amides is 1. The van der Waals surface area contributed by atoms with Crippen LogP contribution in [-0.4, -0.2) is 5.91 Å². The largest absolute Gasteiger partial charge is 0.322 e. The molecule has 1 amide bonds. The van der Waals surface area contributed by atoms with Gasteiger partial charge < -0.3 is 5.32 Å². The van der Waals surface area contributed by atoms with Gasteiger partial charge in [-0.15, -0.1) is 0 Å². The maximum absolute atomic E-state index is 11.7. The lowest BCUT2D eigenvalue weighted by Gasteiger charge is -2.02. The van der Waals surface area contributed by atoms with Gasteiger partial charge in [-0.3, -0.25) is 4.79 Å². The van der Waals surface area contributed by atoms with Gasteiger partial charge in [-0.2, -0.15) is 0 Å². The topological polar surface area (TPSA) is 29.1 Å². The van der Waals surface area contributed by atoms with Crippen LogP contribution in [0.3, 0.4) is 0 Å². The number of para-hydroxylation sites is 1. The molecule has 1 N–H and O–H groups in total. The third kappa shape index (κ3) is 4.19. The number of benzene rings is 1. The Morgan fingerprint density at radius 3 is 2.65 bits per heavy atom. The van der Waals surface area contributed by atoms with Crippen LogP contribution < -0.4 is 5.32 Å². The quantitative estimate of drug-likeness (QED) is 0.662. The van der Waals surface area contributed by atoms with Crippen molar-refractivity contribution in [1.29, 1.82) is 0 Å². The van der Waals surface area contributed by atoms with Crippen molar-refractivity contribution in [3.8, 4) is 0 Å². The van der Waals surface area contributed by atoms with Crippen LogP contribution in [0, 0.1) is 5.92 Å². The van der Waals surface area contributed by atoms with Gasteiger partial charge in [0.15, 0.2) is 0 Å². The Hall–Kier alpha value is -1.35. The molecule has 1 aromatic rings. The maximum atomic E-state index is 11.7. The minimum absolute atomic E-state index is 0.128. The summed E-state index contributed by atoms with van der Waals surface area (Å²) in [5, 5.41) is 2.81. The zero-order valence-electron chi connectivity index (χ0n) is 9.40. The van der Waals surface area contributed by atoms with Crippen molar-refractivity contribution in [3.05, 3.63) is 53.0 Å². The van der Waals surface area contributed by atoms with Crippen LogP contribution in [0.1, 0.15) is 12.8 Å². The van der Waals surface area contributed by atoms with E-state index in [1.54, 1.807) is 6.08 Å². The summed E-state index contributed by atoms with van der Waals surface area (Å²) in [6.45, 7) is 0. The molecular formula is C14H14BrNO. The van der Waals surface area contributed by atoms with E-state index in [9.17, 15) is 4.79 Å². The minimum atomic E-state index is -0.128. The van der Waals surface area contributed by atoms with E-state index in [0.717, 1.165) is 11.6 Å². The zero-order chi connectivity index (χ0) is 12.1. The lowest BCUT2D eigenvalue weighted by molar-refractivity contribution is -0.112. The van der Waals surface area contributed by atoms with E-state index >= 15 is 0 Å². The first kappa shape index (κ1) is 12.1. The Morgan fingerprint density at radius 1 is 1.29 bits per heavy atom. The maximum Gasteiger partial charge on any atom is 0.262 e. The molecule has 0 heterocycles. The molecule has 2 rings (SSSR count). The highest BCUT2D eigenvalue weighted by Gasteiger charge is 2.16. The molecule has 3 heteroatoms. The van der Waals surface area contributed by atoms with Crippen LogP contribution in [0.4, 0.5) is 5.69 Å². The number of carbonyl (C=O) groups is 1. The molecule has 1 aliphatic rings. The Morgan fingerprint density at radius 2 is 2.00 bits per heavy atom.